The van der Waals surface area contributed by atoms with Crippen LogP contribution in [-0.4, -0.2) is 26.0 Å². The van der Waals surface area contributed by atoms with Crippen molar-refractivity contribution in [2.45, 2.75) is 0 Å². The molecule has 0 aliphatic heterocycles. The van der Waals surface area contributed by atoms with Gasteiger partial charge in [-0.3, -0.25) is 0 Å². The molecule has 2 nitrogen and oxygen atoms in total. The van der Waals surface area contributed by atoms with Crippen LogP contribution in [0.25, 0.3) is 66.9 Å². The second-order valence-electron chi connectivity index (χ2n) is 9.99. The topological polar surface area (TPSA) is 25.8 Å². The maximum absolute atomic E-state index is 5.19. The summed E-state index contributed by atoms with van der Waals surface area (Å²) >= 11 is 3.38. The minimum absolute atomic E-state index is 0.872. The van der Waals surface area contributed by atoms with E-state index in [1.165, 1.54) is 22.3 Å². The average molecular weight is 589 g/mol. The van der Waals surface area contributed by atoms with Crippen LogP contribution in [-0.2, 0) is 0 Å². The molecule has 0 fully saturated rings. The predicted molar refractivity (Wildman–Crippen MR) is 172 cm³/mol. The van der Waals surface area contributed by atoms with E-state index in [1.54, 1.807) is 0 Å². The van der Waals surface area contributed by atoms with E-state index in [0.717, 1.165) is 49.1 Å². The summed E-state index contributed by atoms with van der Waals surface area (Å²) in [7, 11) is 0. The molecule has 0 aliphatic rings. The van der Waals surface area contributed by atoms with Gasteiger partial charge in [0.05, 0.1) is 0 Å². The second kappa shape index (κ2) is 11.0. The molecule has 0 N–H and O–H groups in total. The van der Waals surface area contributed by atoms with E-state index in [2.05, 4.69) is 131 Å². The first-order valence-electron chi connectivity index (χ1n) is 13.6. The van der Waals surface area contributed by atoms with Gasteiger partial charge in [-0.1, -0.05) is 0 Å². The molecule has 6 aromatic carbocycles. The van der Waals surface area contributed by atoms with Crippen LogP contribution in [0.15, 0.2) is 152 Å². The van der Waals surface area contributed by atoms with Crippen LogP contribution in [0.4, 0.5) is 0 Å². The SMILES string of the molecule is [Se]c1c(-c2cccc(-c3ccccc3)c2)cccc1-c1ccc2nc(-c3ccccc3)c(-c3ccccc3)nc2c1. The number of fused-ring (bicyclic) bond motifs is 1. The zero-order chi connectivity index (χ0) is 27.6. The zero-order valence-electron chi connectivity index (χ0n) is 22.2. The Kier molecular flexibility index (Phi) is 6.74. The number of rotatable bonds is 5. The van der Waals surface area contributed by atoms with Crippen LogP contribution < -0.4 is 4.46 Å². The molecule has 1 aromatic heterocycles. The van der Waals surface area contributed by atoms with Crippen LogP contribution >= 0.6 is 0 Å². The molecule has 7 rings (SSSR count). The Bertz CT molecular complexity index is 1990. The Hall–Kier alpha value is -4.82. The van der Waals surface area contributed by atoms with Gasteiger partial charge in [0.25, 0.3) is 0 Å². The van der Waals surface area contributed by atoms with Gasteiger partial charge in [0.1, 0.15) is 0 Å². The van der Waals surface area contributed by atoms with Gasteiger partial charge in [-0.2, -0.15) is 0 Å². The number of benzene rings is 6. The molecule has 0 unspecified atom stereocenters. The fourth-order valence-corrected chi connectivity index (χ4v) is 6.09. The summed E-state index contributed by atoms with van der Waals surface area (Å²) in [6, 6.07) is 52.7. The van der Waals surface area contributed by atoms with E-state index in [1.807, 2.05) is 36.4 Å². The Balaban J connectivity index is 1.34. The van der Waals surface area contributed by atoms with Crippen LogP contribution in [0.1, 0.15) is 0 Å². The third-order valence-corrected chi connectivity index (χ3v) is 8.29. The molecule has 0 spiro atoms. The molecule has 0 saturated carbocycles. The van der Waals surface area contributed by atoms with E-state index >= 15 is 0 Å². The Morgan fingerprint density at radius 3 is 1.41 bits per heavy atom. The van der Waals surface area contributed by atoms with Gasteiger partial charge in [0, 0.05) is 0 Å². The normalized spacial score (nSPS) is 11.0. The summed E-state index contributed by atoms with van der Waals surface area (Å²) in [5.74, 6) is 0. The van der Waals surface area contributed by atoms with E-state index in [0.29, 0.717) is 0 Å². The van der Waals surface area contributed by atoms with Gasteiger partial charge in [-0.25, -0.2) is 0 Å². The fraction of sp³-hybridized carbons (Fsp3) is 0. The molecule has 3 heteroatoms. The molecule has 0 bridgehead atoms. The third-order valence-electron chi connectivity index (χ3n) is 7.37. The van der Waals surface area contributed by atoms with Crippen molar-refractivity contribution in [1.82, 2.24) is 9.97 Å². The number of nitrogens with zero attached hydrogens (tertiary/aromatic N) is 2. The van der Waals surface area contributed by atoms with Gasteiger partial charge < -0.3 is 0 Å². The Morgan fingerprint density at radius 2 is 0.805 bits per heavy atom. The van der Waals surface area contributed by atoms with Crippen molar-refractivity contribution in [2.75, 3.05) is 0 Å². The minimum atomic E-state index is 0.872. The molecule has 0 aliphatic carbocycles. The number of aromatic nitrogens is 2. The van der Waals surface area contributed by atoms with Gasteiger partial charge in [0.15, 0.2) is 0 Å². The van der Waals surface area contributed by atoms with Crippen molar-refractivity contribution in [1.29, 1.82) is 0 Å². The molecule has 0 amide bonds. The predicted octanol–water partition coefficient (Wildman–Crippen LogP) is 8.76. The summed E-state index contributed by atoms with van der Waals surface area (Å²) in [5, 5.41) is 0. The molecule has 41 heavy (non-hydrogen) atoms. The first-order chi connectivity index (χ1) is 20.2. The van der Waals surface area contributed by atoms with Crippen molar-refractivity contribution in [3.8, 4) is 55.9 Å². The first kappa shape index (κ1) is 25.2. The second-order valence-corrected chi connectivity index (χ2v) is 10.8. The van der Waals surface area contributed by atoms with Crippen molar-refractivity contribution in [3.63, 3.8) is 0 Å². The first-order valence-corrected chi connectivity index (χ1v) is 14.5. The number of hydrogen-bond donors (Lipinski definition) is 0. The molecule has 1 heterocycles. The van der Waals surface area contributed by atoms with Crippen molar-refractivity contribution in [3.05, 3.63) is 152 Å². The Morgan fingerprint density at radius 1 is 0.341 bits per heavy atom. The van der Waals surface area contributed by atoms with Crippen LogP contribution in [0.2, 0.25) is 0 Å². The van der Waals surface area contributed by atoms with Crippen molar-refractivity contribution in [2.24, 2.45) is 0 Å². The summed E-state index contributed by atoms with van der Waals surface area (Å²) in [4.78, 5) is 10.3. The third kappa shape index (κ3) is 4.98. The summed E-state index contributed by atoms with van der Waals surface area (Å²) in [6.07, 6.45) is 0. The van der Waals surface area contributed by atoms with Crippen molar-refractivity contribution >= 4 is 31.5 Å². The van der Waals surface area contributed by atoms with E-state index in [9.17, 15) is 0 Å². The maximum atomic E-state index is 5.19. The molecule has 0 atom stereocenters. The van der Waals surface area contributed by atoms with E-state index in [-0.39, 0.29) is 0 Å². The van der Waals surface area contributed by atoms with Gasteiger partial charge >= 0.3 is 249 Å². The molecule has 0 saturated heterocycles. The molecule has 1 radical (unpaired) electrons. The van der Waals surface area contributed by atoms with Gasteiger partial charge in [0.2, 0.25) is 0 Å². The van der Waals surface area contributed by atoms with Crippen LogP contribution in [0, 0.1) is 0 Å². The standard InChI is InChI=1S/C38H25N2Se/c41-38-32(30-19-10-18-29(24-30)26-12-4-1-5-13-26)20-11-21-33(38)31-22-23-34-35(25-31)40-37(28-16-8-3-9-17-28)36(39-34)27-14-6-2-7-15-27/h1-25H. The zero-order valence-corrected chi connectivity index (χ0v) is 23.9. The quantitative estimate of drug-likeness (QED) is 0.188. The van der Waals surface area contributed by atoms with Gasteiger partial charge in [-0.15, -0.1) is 0 Å². The Labute approximate surface area is 248 Å². The monoisotopic (exact) mass is 589 g/mol. The average Bonchev–Trinajstić information content (AvgIpc) is 3.05. The number of hydrogen-bond acceptors (Lipinski definition) is 2. The van der Waals surface area contributed by atoms with E-state index in [4.69, 9.17) is 9.97 Å². The van der Waals surface area contributed by atoms with Crippen LogP contribution in [0.5, 0.6) is 0 Å². The summed E-state index contributed by atoms with van der Waals surface area (Å²) in [5.41, 5.74) is 12.7. The molecular formula is C38H25N2Se. The fourth-order valence-electron chi connectivity index (χ4n) is 5.31. The molecule has 193 valence electrons. The van der Waals surface area contributed by atoms with E-state index < -0.39 is 0 Å². The molecule has 7 aromatic rings. The van der Waals surface area contributed by atoms with Crippen molar-refractivity contribution < 1.29 is 0 Å². The molecular weight excluding hydrogens is 563 g/mol. The summed E-state index contributed by atoms with van der Waals surface area (Å²) in [6.45, 7) is 0. The van der Waals surface area contributed by atoms with Gasteiger partial charge in [-0.05, 0) is 0 Å². The summed E-state index contributed by atoms with van der Waals surface area (Å²) < 4.78 is 1.12. The van der Waals surface area contributed by atoms with Crippen LogP contribution in [0.3, 0.4) is 0 Å².